The van der Waals surface area contributed by atoms with E-state index in [1.165, 1.54) is 18.9 Å². The molecule has 2 aromatic heterocycles. The van der Waals surface area contributed by atoms with Gasteiger partial charge in [0.2, 0.25) is 5.95 Å². The number of rotatable bonds is 6. The number of hydrogen-bond donors (Lipinski definition) is 1. The number of piperidine rings is 1. The Balaban J connectivity index is 0.00000289. The number of anilines is 1. The van der Waals surface area contributed by atoms with Crippen LogP contribution in [-0.4, -0.2) is 61.9 Å². The van der Waals surface area contributed by atoms with Gasteiger partial charge in [-0.15, -0.1) is 17.5 Å². The molecule has 0 radical (unpaired) electrons. The molecule has 2 saturated heterocycles. The van der Waals surface area contributed by atoms with Gasteiger partial charge in [0.1, 0.15) is 5.82 Å². The van der Waals surface area contributed by atoms with E-state index < -0.39 is 11.7 Å². The van der Waals surface area contributed by atoms with Gasteiger partial charge in [0.25, 0.3) is 5.91 Å². The van der Waals surface area contributed by atoms with Crippen molar-refractivity contribution < 1.29 is 18.0 Å². The monoisotopic (exact) mass is 575 g/mol. The molecule has 2 aliphatic heterocycles. The molecule has 214 valence electrons. The summed E-state index contributed by atoms with van der Waals surface area (Å²) >= 11 is 0. The number of halogens is 4. The fourth-order valence-electron chi connectivity index (χ4n) is 6.33. The molecule has 1 amide bonds. The average molecular weight is 576 g/mol. The molecule has 0 bridgehead atoms. The molecule has 1 atom stereocenters. The van der Waals surface area contributed by atoms with Gasteiger partial charge in [-0.2, -0.15) is 23.3 Å². The minimum atomic E-state index is -4.41. The van der Waals surface area contributed by atoms with Crippen molar-refractivity contribution in [2.75, 3.05) is 31.1 Å². The predicted octanol–water partition coefficient (Wildman–Crippen LogP) is 5.67. The van der Waals surface area contributed by atoms with E-state index in [4.69, 9.17) is 10.1 Å². The van der Waals surface area contributed by atoms with E-state index in [9.17, 15) is 18.0 Å². The van der Waals surface area contributed by atoms with Crippen molar-refractivity contribution in [1.29, 1.82) is 0 Å². The summed E-state index contributed by atoms with van der Waals surface area (Å²) in [5.41, 5.74) is 1.30. The van der Waals surface area contributed by atoms with E-state index in [1.54, 1.807) is 23.2 Å². The number of H-pyrrole nitrogens is 1. The number of amides is 1. The molecule has 4 fully saturated rings. The van der Waals surface area contributed by atoms with E-state index in [1.807, 2.05) is 0 Å². The number of carbonyl (C=O) groups excluding carboxylic acids is 1. The molecule has 0 unspecified atom stereocenters. The molecule has 2 aliphatic carbocycles. The molecule has 40 heavy (non-hydrogen) atoms. The molecule has 3 aromatic rings. The van der Waals surface area contributed by atoms with Crippen molar-refractivity contribution >= 4 is 24.3 Å². The fraction of sp³-hybridized carbons (Fsp3) is 0.571. The van der Waals surface area contributed by atoms with Crippen molar-refractivity contribution in [3.63, 3.8) is 0 Å². The summed E-state index contributed by atoms with van der Waals surface area (Å²) < 4.78 is 42.9. The van der Waals surface area contributed by atoms with Gasteiger partial charge in [-0.05, 0) is 56.6 Å². The Bertz CT molecular complexity index is 1370. The lowest BCUT2D eigenvalue weighted by Gasteiger charge is -2.32. The van der Waals surface area contributed by atoms with E-state index in [2.05, 4.69) is 19.8 Å². The second-order valence-corrected chi connectivity index (χ2v) is 11.5. The van der Waals surface area contributed by atoms with Crippen LogP contribution < -0.4 is 4.90 Å². The Labute approximate surface area is 236 Å². The van der Waals surface area contributed by atoms with Crippen LogP contribution in [0.2, 0.25) is 0 Å². The lowest BCUT2D eigenvalue weighted by molar-refractivity contribution is -0.138. The van der Waals surface area contributed by atoms with Crippen molar-refractivity contribution in [3.8, 4) is 0 Å². The van der Waals surface area contributed by atoms with E-state index in [-0.39, 0.29) is 35.8 Å². The standard InChI is InChI=1S/C28H32F3N7O.ClH/c29-28(30,31)23-4-2-1-3-21(23)19-9-12-37(16-19)26(39)22-15-32-38(24(22)17-5-6-17)20-10-13-36(14-11-20)27-33-25(34-35-27)18-7-8-18;/h1-4,15,17-20H,5-14,16H2,(H,33,34,35);1H/t19-;/m1./s1. The van der Waals surface area contributed by atoms with Gasteiger partial charge in [0.15, 0.2) is 0 Å². The highest BCUT2D eigenvalue weighted by Gasteiger charge is 2.40. The number of aromatic amines is 1. The van der Waals surface area contributed by atoms with Crippen LogP contribution in [0.5, 0.6) is 0 Å². The van der Waals surface area contributed by atoms with Crippen LogP contribution in [-0.2, 0) is 6.18 Å². The summed E-state index contributed by atoms with van der Waals surface area (Å²) in [6.07, 6.45) is 4.02. The number of benzene rings is 1. The third-order valence-corrected chi connectivity index (χ3v) is 8.76. The number of alkyl halides is 3. The van der Waals surface area contributed by atoms with Crippen LogP contribution in [0.15, 0.2) is 30.5 Å². The van der Waals surface area contributed by atoms with Gasteiger partial charge < -0.3 is 9.80 Å². The maximum atomic E-state index is 13.7. The second-order valence-electron chi connectivity index (χ2n) is 11.5. The smallest absolute Gasteiger partial charge is 0.339 e. The number of likely N-dealkylation sites (tertiary alicyclic amines) is 1. The Morgan fingerprint density at radius 2 is 1.65 bits per heavy atom. The van der Waals surface area contributed by atoms with Gasteiger partial charge in [-0.1, -0.05) is 18.2 Å². The van der Waals surface area contributed by atoms with Crippen LogP contribution in [0.25, 0.3) is 0 Å². The van der Waals surface area contributed by atoms with Crippen molar-refractivity contribution in [2.24, 2.45) is 0 Å². The SMILES string of the molecule is Cl.O=C(c1cnn(C2CCN(c3n[nH]c(C4CC4)n3)CC2)c1C1CC1)N1CC[C@@H](c2ccccc2C(F)(F)F)C1. The van der Waals surface area contributed by atoms with Gasteiger partial charge in [0, 0.05) is 43.9 Å². The summed E-state index contributed by atoms with van der Waals surface area (Å²) in [5.74, 6) is 2.18. The van der Waals surface area contributed by atoms with Crippen molar-refractivity contribution in [3.05, 3.63) is 58.7 Å². The first-order chi connectivity index (χ1) is 18.9. The number of carbonyl (C=O) groups is 1. The first-order valence-corrected chi connectivity index (χ1v) is 14.1. The minimum Gasteiger partial charge on any atom is -0.339 e. The Morgan fingerprint density at radius 3 is 2.35 bits per heavy atom. The van der Waals surface area contributed by atoms with E-state index >= 15 is 0 Å². The third kappa shape index (κ3) is 5.08. The zero-order chi connectivity index (χ0) is 26.7. The maximum absolute atomic E-state index is 13.7. The average Bonchev–Trinajstić information content (AvgIpc) is 3.81. The summed E-state index contributed by atoms with van der Waals surface area (Å²) in [7, 11) is 0. The Hall–Kier alpha value is -3.08. The zero-order valence-corrected chi connectivity index (χ0v) is 22.9. The molecule has 0 spiro atoms. The molecule has 4 aliphatic rings. The van der Waals surface area contributed by atoms with Gasteiger partial charge in [-0.25, -0.2) is 0 Å². The summed E-state index contributed by atoms with van der Waals surface area (Å²) in [6.45, 7) is 2.39. The molecule has 12 heteroatoms. The molecule has 4 heterocycles. The van der Waals surface area contributed by atoms with Crippen molar-refractivity contribution in [1.82, 2.24) is 29.9 Å². The lowest BCUT2D eigenvalue weighted by Crippen LogP contribution is -2.36. The van der Waals surface area contributed by atoms with Crippen LogP contribution in [0.1, 0.15) is 102 Å². The molecule has 7 rings (SSSR count). The van der Waals surface area contributed by atoms with Crippen LogP contribution >= 0.6 is 12.4 Å². The first kappa shape index (κ1) is 27.1. The van der Waals surface area contributed by atoms with Crippen LogP contribution in [0.3, 0.4) is 0 Å². The van der Waals surface area contributed by atoms with Crippen LogP contribution in [0.4, 0.5) is 19.1 Å². The summed E-state index contributed by atoms with van der Waals surface area (Å²) in [6, 6.07) is 5.94. The number of nitrogens with one attached hydrogen (secondary N) is 1. The van der Waals surface area contributed by atoms with Gasteiger partial charge >= 0.3 is 6.18 Å². The van der Waals surface area contributed by atoms with Gasteiger partial charge in [-0.3, -0.25) is 14.6 Å². The van der Waals surface area contributed by atoms with Crippen molar-refractivity contribution in [2.45, 2.75) is 74.9 Å². The third-order valence-electron chi connectivity index (χ3n) is 8.76. The molecule has 8 nitrogen and oxygen atoms in total. The summed E-state index contributed by atoms with van der Waals surface area (Å²) in [5, 5.41) is 12.2. The van der Waals surface area contributed by atoms with E-state index in [0.717, 1.165) is 62.3 Å². The topological polar surface area (TPSA) is 82.9 Å². The molecule has 2 saturated carbocycles. The largest absolute Gasteiger partial charge is 0.416 e. The lowest BCUT2D eigenvalue weighted by atomic mass is 9.93. The molecule has 1 N–H and O–H groups in total. The van der Waals surface area contributed by atoms with Crippen LogP contribution in [0, 0.1) is 0 Å². The molecular weight excluding hydrogens is 543 g/mol. The summed E-state index contributed by atoms with van der Waals surface area (Å²) in [4.78, 5) is 22.3. The van der Waals surface area contributed by atoms with Gasteiger partial charge in [0.05, 0.1) is 29.1 Å². The second kappa shape index (κ2) is 10.4. The normalized spacial score (nSPS) is 22.0. The van der Waals surface area contributed by atoms with E-state index in [0.29, 0.717) is 36.9 Å². The maximum Gasteiger partial charge on any atom is 0.416 e. The Morgan fingerprint density at radius 1 is 0.925 bits per heavy atom. The predicted molar refractivity (Wildman–Crippen MR) is 145 cm³/mol. The minimum absolute atomic E-state index is 0. The molecule has 1 aromatic carbocycles. The highest BCUT2D eigenvalue weighted by atomic mass is 35.5. The quantitative estimate of drug-likeness (QED) is 0.410. The Kier molecular flexibility index (Phi) is 7.04. The fourth-order valence-corrected chi connectivity index (χ4v) is 6.33. The molecular formula is C28H33ClF3N7O. The zero-order valence-electron chi connectivity index (χ0n) is 22.1. The number of hydrogen-bond acceptors (Lipinski definition) is 5. The highest BCUT2D eigenvalue weighted by Crippen LogP contribution is 2.45. The number of aromatic nitrogens is 5. The number of nitrogens with zero attached hydrogens (tertiary/aromatic N) is 6. The highest BCUT2D eigenvalue weighted by molar-refractivity contribution is 5.95. The first-order valence-electron chi connectivity index (χ1n) is 14.1.